The number of benzene rings is 4. The summed E-state index contributed by atoms with van der Waals surface area (Å²) < 4.78 is 2.47. The maximum absolute atomic E-state index is 9.23. The molecule has 0 saturated carbocycles. The molecular weight excluding hydrogens is 527 g/mol. The van der Waals surface area contributed by atoms with Crippen molar-refractivity contribution in [1.29, 1.82) is 5.26 Å². The van der Waals surface area contributed by atoms with E-state index in [9.17, 15) is 5.26 Å². The molecule has 0 fully saturated rings. The van der Waals surface area contributed by atoms with Gasteiger partial charge >= 0.3 is 0 Å². The minimum absolute atomic E-state index is 0.118. The molecule has 0 spiro atoms. The average molecular weight is 550 g/mol. The van der Waals surface area contributed by atoms with Crippen molar-refractivity contribution in [2.45, 2.75) is 19.3 Å². The van der Waals surface area contributed by atoms with E-state index < -0.39 is 0 Å². The van der Waals surface area contributed by atoms with Crippen LogP contribution < -0.4 is 4.90 Å². The first-order valence-electron chi connectivity index (χ1n) is 13.0. The Labute approximate surface area is 241 Å². The smallest absolute Gasteiger partial charge is 0.263 e. The highest BCUT2D eigenvalue weighted by Gasteiger charge is 2.40. The van der Waals surface area contributed by atoms with Crippen LogP contribution in [0.5, 0.6) is 0 Å². The van der Waals surface area contributed by atoms with Crippen LogP contribution in [0.1, 0.15) is 29.9 Å². The standard InChI is InChI=1S/C35H23N3S2/c1-35(2)29-19-25(38(24-12-5-4-6-13-24)30-15-9-11-22-10-7-8-14-27(22)30)16-17-28(29)33-32(35)34-31(40-33)20-26(39-34)18-23(21-36)37-3/h4-20H,1-2H3/b23-18-. The summed E-state index contributed by atoms with van der Waals surface area (Å²) in [5, 5.41) is 11.7. The van der Waals surface area contributed by atoms with Crippen molar-refractivity contribution >= 4 is 66.0 Å². The fourth-order valence-electron chi connectivity index (χ4n) is 5.89. The highest BCUT2D eigenvalue weighted by Crippen LogP contribution is 2.58. The third-order valence-electron chi connectivity index (χ3n) is 7.72. The lowest BCUT2D eigenvalue weighted by Crippen LogP contribution is -2.16. The van der Waals surface area contributed by atoms with Gasteiger partial charge in [0.05, 0.1) is 23.0 Å². The summed E-state index contributed by atoms with van der Waals surface area (Å²) >= 11 is 3.49. The zero-order valence-corrected chi connectivity index (χ0v) is 23.6. The van der Waals surface area contributed by atoms with Crippen molar-refractivity contribution in [2.75, 3.05) is 4.90 Å². The van der Waals surface area contributed by atoms with Gasteiger partial charge in [0.1, 0.15) is 0 Å². The third kappa shape index (κ3) is 3.67. The van der Waals surface area contributed by atoms with Crippen LogP contribution in [0.25, 0.3) is 41.5 Å². The molecule has 5 heteroatoms. The van der Waals surface area contributed by atoms with Crippen molar-refractivity contribution in [3.05, 3.63) is 130 Å². The van der Waals surface area contributed by atoms with Gasteiger partial charge in [-0.15, -0.1) is 22.7 Å². The van der Waals surface area contributed by atoms with E-state index in [2.05, 4.69) is 121 Å². The molecule has 4 aromatic carbocycles. The van der Waals surface area contributed by atoms with Crippen LogP contribution in [0, 0.1) is 17.9 Å². The highest BCUT2D eigenvalue weighted by molar-refractivity contribution is 7.30. The molecular formula is C35H23N3S2. The number of rotatable bonds is 4. The fraction of sp³-hybridized carbons (Fsp3) is 0.0857. The summed E-state index contributed by atoms with van der Waals surface area (Å²) in [5.41, 5.74) is 7.29. The minimum Gasteiger partial charge on any atom is -0.310 e. The van der Waals surface area contributed by atoms with Crippen LogP contribution in [0.4, 0.5) is 17.1 Å². The predicted molar refractivity (Wildman–Crippen MR) is 170 cm³/mol. The van der Waals surface area contributed by atoms with Gasteiger partial charge in [0.2, 0.25) is 0 Å². The molecule has 0 aliphatic heterocycles. The van der Waals surface area contributed by atoms with E-state index in [-0.39, 0.29) is 11.1 Å². The molecule has 7 rings (SSSR count). The summed E-state index contributed by atoms with van der Waals surface area (Å²) in [6, 6.07) is 36.6. The number of anilines is 3. The lowest BCUT2D eigenvalue weighted by atomic mass is 9.82. The second-order valence-electron chi connectivity index (χ2n) is 10.4. The molecule has 0 radical (unpaired) electrons. The van der Waals surface area contributed by atoms with Gasteiger partial charge in [0, 0.05) is 36.6 Å². The molecule has 0 N–H and O–H groups in total. The number of allylic oxidation sites excluding steroid dienone is 1. The Hall–Kier alpha value is -4.68. The fourth-order valence-corrected chi connectivity index (χ4v) is 8.83. The molecule has 0 saturated heterocycles. The quantitative estimate of drug-likeness (QED) is 0.162. The summed E-state index contributed by atoms with van der Waals surface area (Å²) in [6.45, 7) is 11.9. The third-order valence-corrected chi connectivity index (χ3v) is 10.1. The predicted octanol–water partition coefficient (Wildman–Crippen LogP) is 10.7. The number of nitriles is 1. The summed E-state index contributed by atoms with van der Waals surface area (Å²) in [6.07, 6.45) is 1.70. The highest BCUT2D eigenvalue weighted by atomic mass is 32.1. The lowest BCUT2D eigenvalue weighted by molar-refractivity contribution is 0.668. The van der Waals surface area contributed by atoms with Gasteiger partial charge in [0.15, 0.2) is 0 Å². The Morgan fingerprint density at radius 2 is 1.68 bits per heavy atom. The van der Waals surface area contributed by atoms with E-state index in [1.807, 2.05) is 17.4 Å². The molecule has 190 valence electrons. The maximum atomic E-state index is 9.23. The van der Waals surface area contributed by atoms with E-state index >= 15 is 0 Å². The van der Waals surface area contributed by atoms with Crippen molar-refractivity contribution < 1.29 is 0 Å². The van der Waals surface area contributed by atoms with Gasteiger partial charge in [-0.05, 0) is 64.6 Å². The Kier molecular flexibility index (Phi) is 5.61. The zero-order chi connectivity index (χ0) is 27.4. The number of hydrogen-bond donors (Lipinski definition) is 0. The number of hydrogen-bond acceptors (Lipinski definition) is 4. The topological polar surface area (TPSA) is 31.4 Å². The van der Waals surface area contributed by atoms with Gasteiger partial charge < -0.3 is 4.90 Å². The van der Waals surface area contributed by atoms with Crippen LogP contribution in [0.3, 0.4) is 0 Å². The van der Waals surface area contributed by atoms with Crippen LogP contribution in [-0.2, 0) is 5.41 Å². The van der Waals surface area contributed by atoms with E-state index in [0.29, 0.717) is 0 Å². The summed E-state index contributed by atoms with van der Waals surface area (Å²) in [7, 11) is 0. The van der Waals surface area contributed by atoms with Gasteiger partial charge in [-0.3, -0.25) is 0 Å². The monoisotopic (exact) mass is 549 g/mol. The average Bonchev–Trinajstić information content (AvgIpc) is 3.60. The van der Waals surface area contributed by atoms with E-state index in [0.717, 1.165) is 21.9 Å². The normalized spacial score (nSPS) is 13.6. The van der Waals surface area contributed by atoms with Crippen LogP contribution in [-0.4, -0.2) is 0 Å². The Morgan fingerprint density at radius 3 is 2.48 bits per heavy atom. The van der Waals surface area contributed by atoms with Crippen LogP contribution in [0.2, 0.25) is 0 Å². The Bertz CT molecular complexity index is 2040. The second-order valence-corrected chi connectivity index (χ2v) is 12.6. The molecule has 1 aliphatic rings. The van der Waals surface area contributed by atoms with Crippen LogP contribution in [0.15, 0.2) is 103 Å². The first-order chi connectivity index (χ1) is 19.5. The number of nitrogens with zero attached hydrogens (tertiary/aromatic N) is 3. The van der Waals surface area contributed by atoms with Gasteiger partial charge in [0.25, 0.3) is 5.70 Å². The van der Waals surface area contributed by atoms with E-state index in [1.54, 1.807) is 17.4 Å². The largest absolute Gasteiger partial charge is 0.310 e. The molecule has 0 bridgehead atoms. The number of thiophene rings is 2. The van der Waals surface area contributed by atoms with E-state index in [1.165, 1.54) is 41.7 Å². The minimum atomic E-state index is -0.191. The maximum Gasteiger partial charge on any atom is 0.263 e. The molecule has 0 unspecified atom stereocenters. The van der Waals surface area contributed by atoms with Crippen molar-refractivity contribution in [2.24, 2.45) is 0 Å². The molecule has 3 nitrogen and oxygen atoms in total. The van der Waals surface area contributed by atoms with Crippen molar-refractivity contribution in [3.8, 4) is 16.5 Å². The molecule has 40 heavy (non-hydrogen) atoms. The van der Waals surface area contributed by atoms with Crippen molar-refractivity contribution in [3.63, 3.8) is 0 Å². The molecule has 2 heterocycles. The molecule has 0 amide bonds. The summed E-state index contributed by atoms with van der Waals surface area (Å²) in [4.78, 5) is 7.98. The zero-order valence-electron chi connectivity index (χ0n) is 22.0. The van der Waals surface area contributed by atoms with Gasteiger partial charge in [-0.2, -0.15) is 0 Å². The van der Waals surface area contributed by atoms with Gasteiger partial charge in [-0.25, -0.2) is 10.1 Å². The first kappa shape index (κ1) is 24.4. The first-order valence-corrected chi connectivity index (χ1v) is 14.7. The number of para-hydroxylation sites is 1. The SMILES string of the molecule is [C-]#[N+]/C(C#N)=C\c1cc2sc3c(c2s1)C(C)(C)c1cc(N(c2ccccc2)c2cccc4ccccc24)ccc1-3. The molecule has 0 atom stereocenters. The summed E-state index contributed by atoms with van der Waals surface area (Å²) in [5.74, 6) is 0. The second kappa shape index (κ2) is 9.21. The molecule has 1 aliphatic carbocycles. The van der Waals surface area contributed by atoms with Crippen molar-refractivity contribution in [1.82, 2.24) is 0 Å². The Morgan fingerprint density at radius 1 is 0.900 bits per heavy atom. The lowest BCUT2D eigenvalue weighted by Gasteiger charge is -2.29. The van der Waals surface area contributed by atoms with Gasteiger partial charge in [-0.1, -0.05) is 74.5 Å². The number of fused-ring (bicyclic) bond motifs is 6. The molecule has 2 aromatic heterocycles. The molecule has 6 aromatic rings. The Balaban J connectivity index is 1.40. The van der Waals surface area contributed by atoms with E-state index in [4.69, 9.17) is 6.57 Å². The van der Waals surface area contributed by atoms with Crippen LogP contribution >= 0.6 is 22.7 Å².